The zero-order chi connectivity index (χ0) is 17.5. The lowest BCUT2D eigenvalue weighted by atomic mass is 10.0. The molecule has 2 aromatic rings. The Morgan fingerprint density at radius 1 is 1.17 bits per heavy atom. The number of benzene rings is 2. The van der Waals surface area contributed by atoms with Gasteiger partial charge in [0, 0.05) is 23.3 Å². The van der Waals surface area contributed by atoms with Gasteiger partial charge in [-0.25, -0.2) is 0 Å². The van der Waals surface area contributed by atoms with Crippen molar-refractivity contribution in [3.05, 3.63) is 65.9 Å². The van der Waals surface area contributed by atoms with Crippen molar-refractivity contribution in [3.8, 4) is 6.07 Å². The molecule has 0 fully saturated rings. The van der Waals surface area contributed by atoms with Gasteiger partial charge < -0.3 is 16.4 Å². The Morgan fingerprint density at radius 3 is 2.46 bits per heavy atom. The number of nitrogens with one attached hydrogen (secondary N) is 2. The van der Waals surface area contributed by atoms with Crippen molar-refractivity contribution >= 4 is 23.0 Å². The van der Waals surface area contributed by atoms with Crippen molar-refractivity contribution in [3.63, 3.8) is 0 Å². The molecule has 24 heavy (non-hydrogen) atoms. The first-order valence-corrected chi connectivity index (χ1v) is 7.64. The van der Waals surface area contributed by atoms with Crippen LogP contribution in [0.25, 0.3) is 0 Å². The number of para-hydroxylation sites is 1. The van der Waals surface area contributed by atoms with E-state index in [0.717, 1.165) is 11.3 Å². The average molecular weight is 320 g/mol. The molecule has 0 unspecified atom stereocenters. The van der Waals surface area contributed by atoms with Gasteiger partial charge in [-0.1, -0.05) is 32.0 Å². The number of nitrogen functional groups attached to an aromatic ring is 1. The third-order valence-electron chi connectivity index (χ3n) is 3.49. The number of anilines is 3. The van der Waals surface area contributed by atoms with Gasteiger partial charge in [0.2, 0.25) is 0 Å². The van der Waals surface area contributed by atoms with Gasteiger partial charge in [0.15, 0.2) is 0 Å². The Hall–Kier alpha value is -3.26. The topological polar surface area (TPSA) is 90.9 Å². The lowest BCUT2D eigenvalue weighted by Gasteiger charge is -2.13. The van der Waals surface area contributed by atoms with Crippen molar-refractivity contribution in [2.45, 2.75) is 19.8 Å². The molecule has 0 bridgehead atoms. The number of carbonyl (C=O) groups is 1. The summed E-state index contributed by atoms with van der Waals surface area (Å²) in [7, 11) is 0. The van der Waals surface area contributed by atoms with Gasteiger partial charge in [-0.2, -0.15) is 5.26 Å². The number of nitrogens with zero attached hydrogens (tertiary/aromatic N) is 1. The smallest absolute Gasteiger partial charge is 0.267 e. The summed E-state index contributed by atoms with van der Waals surface area (Å²) in [6.45, 7) is 4.10. The van der Waals surface area contributed by atoms with Crippen LogP contribution in [0, 0.1) is 11.3 Å². The minimum absolute atomic E-state index is 0.00890. The van der Waals surface area contributed by atoms with E-state index in [4.69, 9.17) is 5.73 Å². The van der Waals surface area contributed by atoms with Crippen LogP contribution in [0.4, 0.5) is 17.1 Å². The Balaban J connectivity index is 2.13. The van der Waals surface area contributed by atoms with Gasteiger partial charge in [-0.3, -0.25) is 4.79 Å². The van der Waals surface area contributed by atoms with Gasteiger partial charge in [0.25, 0.3) is 5.91 Å². The molecule has 0 aliphatic rings. The number of nitrogens with two attached hydrogens (primary N) is 1. The van der Waals surface area contributed by atoms with Gasteiger partial charge >= 0.3 is 0 Å². The number of hydrogen-bond donors (Lipinski definition) is 3. The second kappa shape index (κ2) is 7.84. The van der Waals surface area contributed by atoms with Crippen molar-refractivity contribution < 1.29 is 4.79 Å². The number of amides is 1. The monoisotopic (exact) mass is 320 g/mol. The third kappa shape index (κ3) is 4.37. The highest BCUT2D eigenvalue weighted by Crippen LogP contribution is 2.24. The molecule has 2 aromatic carbocycles. The summed E-state index contributed by atoms with van der Waals surface area (Å²) in [5.41, 5.74) is 8.74. The van der Waals surface area contributed by atoms with Crippen LogP contribution >= 0.6 is 0 Å². The Bertz CT molecular complexity index is 786. The molecule has 5 nitrogen and oxygen atoms in total. The summed E-state index contributed by atoms with van der Waals surface area (Å²) >= 11 is 0. The fraction of sp³-hybridized carbons (Fsp3) is 0.158. The van der Waals surface area contributed by atoms with E-state index in [1.165, 1.54) is 6.20 Å². The third-order valence-corrected chi connectivity index (χ3v) is 3.49. The molecule has 2 rings (SSSR count). The van der Waals surface area contributed by atoms with Crippen molar-refractivity contribution in [2.24, 2.45) is 0 Å². The van der Waals surface area contributed by atoms with Crippen LogP contribution in [0.3, 0.4) is 0 Å². The summed E-state index contributed by atoms with van der Waals surface area (Å²) in [5, 5.41) is 15.0. The molecule has 0 saturated heterocycles. The number of hydrogen-bond acceptors (Lipinski definition) is 4. The molecule has 0 saturated carbocycles. The SMILES string of the molecule is CC(C)c1ccccc1NC(=O)/C(C#N)=C\Nc1ccc(N)cc1. The van der Waals surface area contributed by atoms with Crippen LogP contribution in [0.5, 0.6) is 0 Å². The fourth-order valence-corrected chi connectivity index (χ4v) is 2.19. The molecular formula is C19H20N4O. The van der Waals surface area contributed by atoms with Crippen LogP contribution in [0.1, 0.15) is 25.3 Å². The molecule has 0 spiro atoms. The molecule has 1 amide bonds. The minimum Gasteiger partial charge on any atom is -0.399 e. The summed E-state index contributed by atoms with van der Waals surface area (Å²) in [6.07, 6.45) is 1.39. The molecule has 0 atom stereocenters. The lowest BCUT2D eigenvalue weighted by molar-refractivity contribution is -0.112. The maximum Gasteiger partial charge on any atom is 0.267 e. The van der Waals surface area contributed by atoms with E-state index in [1.54, 1.807) is 24.3 Å². The molecular weight excluding hydrogens is 300 g/mol. The summed E-state index contributed by atoms with van der Waals surface area (Å²) in [5.74, 6) is -0.183. The molecule has 0 aliphatic heterocycles. The van der Waals surface area contributed by atoms with E-state index in [9.17, 15) is 10.1 Å². The number of nitriles is 1. The second-order valence-corrected chi connectivity index (χ2v) is 5.63. The van der Waals surface area contributed by atoms with E-state index in [1.807, 2.05) is 30.3 Å². The highest BCUT2D eigenvalue weighted by Gasteiger charge is 2.12. The highest BCUT2D eigenvalue weighted by molar-refractivity contribution is 6.07. The van der Waals surface area contributed by atoms with Gasteiger partial charge in [0.05, 0.1) is 0 Å². The largest absolute Gasteiger partial charge is 0.399 e. The Kier molecular flexibility index (Phi) is 5.58. The van der Waals surface area contributed by atoms with Crippen molar-refractivity contribution in [2.75, 3.05) is 16.4 Å². The van der Waals surface area contributed by atoms with E-state index in [-0.39, 0.29) is 11.5 Å². The molecule has 122 valence electrons. The fourth-order valence-electron chi connectivity index (χ4n) is 2.19. The van der Waals surface area contributed by atoms with Gasteiger partial charge in [0.1, 0.15) is 11.6 Å². The summed E-state index contributed by atoms with van der Waals surface area (Å²) in [6, 6.07) is 16.5. The minimum atomic E-state index is -0.450. The predicted octanol–water partition coefficient (Wildman–Crippen LogP) is 3.85. The van der Waals surface area contributed by atoms with Crippen LogP contribution < -0.4 is 16.4 Å². The normalized spacial score (nSPS) is 11.0. The van der Waals surface area contributed by atoms with Crippen molar-refractivity contribution in [1.82, 2.24) is 0 Å². The zero-order valence-corrected chi connectivity index (χ0v) is 13.7. The van der Waals surface area contributed by atoms with Crippen LogP contribution in [-0.4, -0.2) is 5.91 Å². The molecule has 5 heteroatoms. The maximum atomic E-state index is 12.3. The van der Waals surface area contributed by atoms with E-state index in [0.29, 0.717) is 11.4 Å². The quantitative estimate of drug-likeness (QED) is 0.443. The first-order chi connectivity index (χ1) is 11.5. The van der Waals surface area contributed by atoms with Crippen LogP contribution in [0.2, 0.25) is 0 Å². The second-order valence-electron chi connectivity index (χ2n) is 5.63. The highest BCUT2D eigenvalue weighted by atomic mass is 16.1. The Morgan fingerprint density at radius 2 is 1.83 bits per heavy atom. The van der Waals surface area contributed by atoms with E-state index >= 15 is 0 Å². The van der Waals surface area contributed by atoms with Gasteiger partial charge in [-0.15, -0.1) is 0 Å². The summed E-state index contributed by atoms with van der Waals surface area (Å²) < 4.78 is 0. The van der Waals surface area contributed by atoms with Crippen LogP contribution in [-0.2, 0) is 4.79 Å². The van der Waals surface area contributed by atoms with E-state index < -0.39 is 5.91 Å². The molecule has 0 aromatic heterocycles. The van der Waals surface area contributed by atoms with Crippen LogP contribution in [0.15, 0.2) is 60.3 Å². The number of rotatable bonds is 5. The molecule has 0 heterocycles. The van der Waals surface area contributed by atoms with Crippen molar-refractivity contribution in [1.29, 1.82) is 5.26 Å². The predicted molar refractivity (Wildman–Crippen MR) is 97.3 cm³/mol. The maximum absolute atomic E-state index is 12.3. The standard InChI is InChI=1S/C19H20N4O/c1-13(2)17-5-3-4-6-18(17)23-19(24)14(11-20)12-22-16-9-7-15(21)8-10-16/h3-10,12-13,22H,21H2,1-2H3,(H,23,24)/b14-12-. The van der Waals surface area contributed by atoms with Gasteiger partial charge in [-0.05, 0) is 41.8 Å². The lowest BCUT2D eigenvalue weighted by Crippen LogP contribution is -2.16. The van der Waals surface area contributed by atoms with E-state index in [2.05, 4.69) is 24.5 Å². The molecule has 0 aliphatic carbocycles. The molecule has 4 N–H and O–H groups in total. The first-order valence-electron chi connectivity index (χ1n) is 7.64. The first kappa shape index (κ1) is 17.1. The molecule has 0 radical (unpaired) electrons. The summed E-state index contributed by atoms with van der Waals surface area (Å²) in [4.78, 5) is 12.3. The Labute approximate surface area is 141 Å². The number of carbonyl (C=O) groups excluding carboxylic acids is 1. The zero-order valence-electron chi connectivity index (χ0n) is 13.7. The average Bonchev–Trinajstić information content (AvgIpc) is 2.57.